The number of piperidine rings is 1. The van der Waals surface area contributed by atoms with E-state index in [1.807, 2.05) is 13.1 Å². The number of hydrogen-bond donors (Lipinski definition) is 1. The predicted octanol–water partition coefficient (Wildman–Crippen LogP) is 2.27. The van der Waals surface area contributed by atoms with Gasteiger partial charge in [0.05, 0.1) is 0 Å². The third-order valence-electron chi connectivity index (χ3n) is 3.40. The maximum Gasteiger partial charge on any atom is 0.119 e. The Kier molecular flexibility index (Phi) is 5.49. The Morgan fingerprint density at radius 3 is 2.83 bits per heavy atom. The molecule has 3 nitrogen and oxygen atoms in total. The SMILES string of the molecule is CNCc1cccc(OCCN2CCCCC2)c1. The number of benzene rings is 1. The number of likely N-dealkylation sites (tertiary alicyclic amines) is 1. The lowest BCUT2D eigenvalue weighted by atomic mass is 10.1. The molecule has 0 aliphatic carbocycles. The van der Waals surface area contributed by atoms with Gasteiger partial charge in [-0.05, 0) is 50.7 Å². The zero-order valence-corrected chi connectivity index (χ0v) is 11.3. The van der Waals surface area contributed by atoms with Crippen LogP contribution in [0.2, 0.25) is 0 Å². The van der Waals surface area contributed by atoms with Gasteiger partial charge in [-0.25, -0.2) is 0 Å². The second kappa shape index (κ2) is 7.39. The molecule has 1 heterocycles. The topological polar surface area (TPSA) is 24.5 Å². The van der Waals surface area contributed by atoms with Crippen LogP contribution in [0.1, 0.15) is 24.8 Å². The van der Waals surface area contributed by atoms with Gasteiger partial charge in [0.2, 0.25) is 0 Å². The Labute approximate surface area is 110 Å². The molecule has 1 N–H and O–H groups in total. The van der Waals surface area contributed by atoms with Crippen molar-refractivity contribution in [1.29, 1.82) is 0 Å². The van der Waals surface area contributed by atoms with Crippen molar-refractivity contribution in [3.05, 3.63) is 29.8 Å². The van der Waals surface area contributed by atoms with E-state index >= 15 is 0 Å². The van der Waals surface area contributed by atoms with E-state index in [1.165, 1.54) is 37.9 Å². The van der Waals surface area contributed by atoms with E-state index in [9.17, 15) is 0 Å². The van der Waals surface area contributed by atoms with Crippen LogP contribution in [-0.2, 0) is 6.54 Å². The van der Waals surface area contributed by atoms with Crippen LogP contribution in [0, 0.1) is 0 Å². The van der Waals surface area contributed by atoms with Crippen LogP contribution in [0.5, 0.6) is 5.75 Å². The summed E-state index contributed by atoms with van der Waals surface area (Å²) in [6, 6.07) is 8.33. The third-order valence-corrected chi connectivity index (χ3v) is 3.40. The van der Waals surface area contributed by atoms with Crippen LogP contribution in [0.3, 0.4) is 0 Å². The fourth-order valence-electron chi connectivity index (χ4n) is 2.42. The van der Waals surface area contributed by atoms with Crippen molar-refractivity contribution in [2.75, 3.05) is 33.3 Å². The number of nitrogens with one attached hydrogen (secondary N) is 1. The largest absolute Gasteiger partial charge is 0.492 e. The summed E-state index contributed by atoms with van der Waals surface area (Å²) in [4.78, 5) is 2.50. The lowest BCUT2D eigenvalue weighted by molar-refractivity contribution is 0.183. The molecule has 3 heteroatoms. The summed E-state index contributed by atoms with van der Waals surface area (Å²) in [7, 11) is 1.96. The molecular weight excluding hydrogens is 224 g/mol. The first-order valence-electron chi connectivity index (χ1n) is 6.97. The van der Waals surface area contributed by atoms with E-state index in [2.05, 4.69) is 28.4 Å². The minimum atomic E-state index is 0.795. The Hall–Kier alpha value is -1.06. The van der Waals surface area contributed by atoms with Crippen molar-refractivity contribution in [2.45, 2.75) is 25.8 Å². The molecule has 0 spiro atoms. The van der Waals surface area contributed by atoms with Crippen molar-refractivity contribution in [1.82, 2.24) is 10.2 Å². The van der Waals surface area contributed by atoms with Gasteiger partial charge in [-0.2, -0.15) is 0 Å². The molecule has 1 aromatic carbocycles. The summed E-state index contributed by atoms with van der Waals surface area (Å²) in [5.74, 6) is 0.986. The molecular formula is C15H24N2O. The molecule has 0 radical (unpaired) electrons. The fraction of sp³-hybridized carbons (Fsp3) is 0.600. The Morgan fingerprint density at radius 1 is 1.22 bits per heavy atom. The van der Waals surface area contributed by atoms with Gasteiger partial charge < -0.3 is 10.1 Å². The number of ether oxygens (including phenoxy) is 1. The van der Waals surface area contributed by atoms with Crippen LogP contribution >= 0.6 is 0 Å². The summed E-state index contributed by atoms with van der Waals surface area (Å²) in [5.41, 5.74) is 1.27. The van der Waals surface area contributed by atoms with E-state index in [-0.39, 0.29) is 0 Å². The average molecular weight is 248 g/mol. The Bertz CT molecular complexity index is 348. The quantitative estimate of drug-likeness (QED) is 0.836. The first-order valence-corrected chi connectivity index (χ1v) is 6.97. The Balaban J connectivity index is 1.73. The average Bonchev–Trinajstić information content (AvgIpc) is 2.41. The van der Waals surface area contributed by atoms with Crippen LogP contribution in [0.25, 0.3) is 0 Å². The van der Waals surface area contributed by atoms with Crippen LogP contribution < -0.4 is 10.1 Å². The van der Waals surface area contributed by atoms with Gasteiger partial charge in [0.15, 0.2) is 0 Å². The molecule has 0 unspecified atom stereocenters. The minimum absolute atomic E-state index is 0.795. The number of rotatable bonds is 6. The Morgan fingerprint density at radius 2 is 2.06 bits per heavy atom. The molecule has 0 saturated carbocycles. The monoisotopic (exact) mass is 248 g/mol. The minimum Gasteiger partial charge on any atom is -0.492 e. The van der Waals surface area contributed by atoms with Gasteiger partial charge in [-0.1, -0.05) is 18.6 Å². The smallest absolute Gasteiger partial charge is 0.119 e. The molecule has 0 atom stereocenters. The zero-order valence-electron chi connectivity index (χ0n) is 11.3. The first kappa shape index (κ1) is 13.4. The maximum atomic E-state index is 5.83. The molecule has 1 aromatic rings. The summed E-state index contributed by atoms with van der Waals surface area (Å²) < 4.78 is 5.83. The summed E-state index contributed by atoms with van der Waals surface area (Å²) in [6.45, 7) is 5.22. The fourth-order valence-corrected chi connectivity index (χ4v) is 2.42. The highest BCUT2D eigenvalue weighted by Crippen LogP contribution is 2.14. The zero-order chi connectivity index (χ0) is 12.6. The number of hydrogen-bond acceptors (Lipinski definition) is 3. The molecule has 1 saturated heterocycles. The van der Waals surface area contributed by atoms with Crippen LogP contribution in [-0.4, -0.2) is 38.2 Å². The predicted molar refractivity (Wildman–Crippen MR) is 75.0 cm³/mol. The molecule has 1 fully saturated rings. The van der Waals surface area contributed by atoms with Crippen LogP contribution in [0.15, 0.2) is 24.3 Å². The summed E-state index contributed by atoms with van der Waals surface area (Å²) >= 11 is 0. The second-order valence-electron chi connectivity index (χ2n) is 4.93. The molecule has 0 bridgehead atoms. The van der Waals surface area contributed by atoms with E-state index < -0.39 is 0 Å². The lowest BCUT2D eigenvalue weighted by Crippen LogP contribution is -2.33. The van der Waals surface area contributed by atoms with Gasteiger partial charge in [-0.15, -0.1) is 0 Å². The van der Waals surface area contributed by atoms with E-state index in [1.54, 1.807) is 0 Å². The molecule has 1 aliphatic heterocycles. The van der Waals surface area contributed by atoms with Crippen molar-refractivity contribution in [3.8, 4) is 5.75 Å². The molecule has 0 aromatic heterocycles. The van der Waals surface area contributed by atoms with Gasteiger partial charge in [-0.3, -0.25) is 4.90 Å². The summed E-state index contributed by atoms with van der Waals surface area (Å²) in [6.07, 6.45) is 4.08. The van der Waals surface area contributed by atoms with Crippen molar-refractivity contribution in [2.24, 2.45) is 0 Å². The van der Waals surface area contributed by atoms with Gasteiger partial charge >= 0.3 is 0 Å². The van der Waals surface area contributed by atoms with Gasteiger partial charge in [0, 0.05) is 13.1 Å². The standard InChI is InChI=1S/C15H24N2O/c1-16-13-14-6-5-7-15(12-14)18-11-10-17-8-3-2-4-9-17/h5-7,12,16H,2-4,8-11,13H2,1H3. The van der Waals surface area contributed by atoms with Crippen molar-refractivity contribution >= 4 is 0 Å². The highest BCUT2D eigenvalue weighted by atomic mass is 16.5. The van der Waals surface area contributed by atoms with Crippen LogP contribution in [0.4, 0.5) is 0 Å². The summed E-state index contributed by atoms with van der Waals surface area (Å²) in [5, 5.41) is 3.16. The highest BCUT2D eigenvalue weighted by molar-refractivity contribution is 5.28. The van der Waals surface area contributed by atoms with Crippen molar-refractivity contribution in [3.63, 3.8) is 0 Å². The van der Waals surface area contributed by atoms with Crippen molar-refractivity contribution < 1.29 is 4.74 Å². The third kappa shape index (κ3) is 4.31. The second-order valence-corrected chi connectivity index (χ2v) is 4.93. The first-order chi connectivity index (χ1) is 8.88. The van der Waals surface area contributed by atoms with E-state index in [0.29, 0.717) is 0 Å². The normalized spacial score (nSPS) is 16.7. The molecule has 0 amide bonds. The lowest BCUT2D eigenvalue weighted by Gasteiger charge is -2.26. The van der Waals surface area contributed by atoms with E-state index in [4.69, 9.17) is 4.74 Å². The molecule has 1 aliphatic rings. The van der Waals surface area contributed by atoms with Gasteiger partial charge in [0.25, 0.3) is 0 Å². The van der Waals surface area contributed by atoms with Gasteiger partial charge in [0.1, 0.15) is 12.4 Å². The molecule has 100 valence electrons. The number of nitrogens with zero attached hydrogens (tertiary/aromatic N) is 1. The molecule has 18 heavy (non-hydrogen) atoms. The molecule has 2 rings (SSSR count). The maximum absolute atomic E-state index is 5.83. The highest BCUT2D eigenvalue weighted by Gasteiger charge is 2.09. The van der Waals surface area contributed by atoms with E-state index in [0.717, 1.165) is 25.4 Å².